The molecule has 4 aromatic rings. The monoisotopic (exact) mass is 445 g/mol. The Morgan fingerprint density at radius 3 is 2.31 bits per heavy atom. The van der Waals surface area contributed by atoms with Crippen molar-refractivity contribution in [3.63, 3.8) is 0 Å². The van der Waals surface area contributed by atoms with Crippen molar-refractivity contribution < 1.29 is 8.42 Å². The Kier molecular flexibility index (Phi) is 5.57. The minimum Gasteiger partial charge on any atom is -0.342 e. The van der Waals surface area contributed by atoms with Crippen LogP contribution in [0.4, 0.5) is 0 Å². The molecule has 1 saturated carbocycles. The van der Waals surface area contributed by atoms with Gasteiger partial charge in [0.05, 0.1) is 15.9 Å². The van der Waals surface area contributed by atoms with E-state index in [1.807, 2.05) is 37.3 Å². The van der Waals surface area contributed by atoms with Gasteiger partial charge in [0.15, 0.2) is 0 Å². The molecule has 0 bridgehead atoms. The lowest BCUT2D eigenvalue weighted by Gasteiger charge is -2.27. The number of aromatic amines is 1. The molecule has 0 atom stereocenters. The highest BCUT2D eigenvalue weighted by Crippen LogP contribution is 2.33. The van der Waals surface area contributed by atoms with Gasteiger partial charge in [-0.25, -0.2) is 18.1 Å². The van der Waals surface area contributed by atoms with Gasteiger partial charge in [-0.2, -0.15) is 0 Å². The van der Waals surface area contributed by atoms with Gasteiger partial charge in [-0.1, -0.05) is 54.1 Å². The fourth-order valence-corrected chi connectivity index (χ4v) is 5.83. The summed E-state index contributed by atoms with van der Waals surface area (Å²) < 4.78 is 28.3. The fraction of sp³-hybridized carbons (Fsp3) is 0.269. The van der Waals surface area contributed by atoms with Gasteiger partial charge in [0, 0.05) is 12.0 Å². The topological polar surface area (TPSA) is 74.8 Å². The Morgan fingerprint density at radius 1 is 0.875 bits per heavy atom. The number of hydrogen-bond acceptors (Lipinski definition) is 3. The maximum atomic E-state index is 12.7. The van der Waals surface area contributed by atoms with E-state index < -0.39 is 10.0 Å². The van der Waals surface area contributed by atoms with Gasteiger partial charge in [0.2, 0.25) is 10.0 Å². The number of sulfonamides is 1. The lowest BCUT2D eigenvalue weighted by molar-refractivity contribution is 0.366. The van der Waals surface area contributed by atoms with E-state index in [0.29, 0.717) is 10.8 Å². The third kappa shape index (κ3) is 4.33. The van der Waals surface area contributed by atoms with E-state index >= 15 is 0 Å². The average molecular weight is 446 g/mol. The Morgan fingerprint density at radius 2 is 1.59 bits per heavy atom. The molecule has 5 nitrogen and oxygen atoms in total. The number of imidazole rings is 1. The highest BCUT2D eigenvalue weighted by Gasteiger charge is 2.28. The molecular formula is C26H27N3O2S. The van der Waals surface area contributed by atoms with Crippen LogP contribution in [-0.4, -0.2) is 24.4 Å². The first kappa shape index (κ1) is 20.9. The summed E-state index contributed by atoms with van der Waals surface area (Å²) in [6.07, 6.45) is 3.43. The first-order chi connectivity index (χ1) is 15.5. The summed E-state index contributed by atoms with van der Waals surface area (Å²) in [7, 11) is -3.48. The fourth-order valence-electron chi connectivity index (χ4n) is 4.52. The zero-order chi connectivity index (χ0) is 22.1. The molecule has 2 N–H and O–H groups in total. The van der Waals surface area contributed by atoms with Crippen LogP contribution in [0.2, 0.25) is 0 Å². The highest BCUT2D eigenvalue weighted by atomic mass is 32.2. The number of H-pyrrole nitrogens is 1. The molecule has 5 rings (SSSR count). The second-order valence-corrected chi connectivity index (χ2v) is 10.4. The third-order valence-corrected chi connectivity index (χ3v) is 7.91. The molecule has 32 heavy (non-hydrogen) atoms. The van der Waals surface area contributed by atoms with Crippen molar-refractivity contribution in [2.75, 3.05) is 0 Å². The van der Waals surface area contributed by atoms with Crippen molar-refractivity contribution >= 4 is 21.1 Å². The first-order valence-electron chi connectivity index (χ1n) is 11.1. The van der Waals surface area contributed by atoms with Crippen molar-refractivity contribution in [3.05, 3.63) is 84.2 Å². The minimum atomic E-state index is -3.48. The summed E-state index contributed by atoms with van der Waals surface area (Å²) >= 11 is 0. The van der Waals surface area contributed by atoms with Gasteiger partial charge in [-0.3, -0.25) is 0 Å². The summed E-state index contributed by atoms with van der Waals surface area (Å²) in [5.41, 5.74) is 5.42. The maximum Gasteiger partial charge on any atom is 0.240 e. The number of fused-ring (bicyclic) bond motifs is 1. The van der Waals surface area contributed by atoms with Crippen LogP contribution < -0.4 is 4.72 Å². The van der Waals surface area contributed by atoms with Crippen molar-refractivity contribution in [2.24, 2.45) is 0 Å². The first-order valence-corrected chi connectivity index (χ1v) is 12.6. The summed E-state index contributed by atoms with van der Waals surface area (Å²) in [5.74, 6) is 1.33. The summed E-state index contributed by atoms with van der Waals surface area (Å²) in [6, 6.07) is 23.6. The van der Waals surface area contributed by atoms with Gasteiger partial charge in [0.25, 0.3) is 0 Å². The van der Waals surface area contributed by atoms with Crippen molar-refractivity contribution in [1.82, 2.24) is 14.7 Å². The SMILES string of the molecule is Cc1ccc(S(=O)(=O)NC2CCC(c3nc4ccc(-c5ccccc5)cc4[nH]3)CC2)cc1. The molecule has 1 heterocycles. The molecule has 6 heteroatoms. The molecule has 1 aliphatic carbocycles. The Hall–Kier alpha value is -2.96. The number of benzene rings is 3. The number of nitrogens with one attached hydrogen (secondary N) is 2. The van der Waals surface area contributed by atoms with E-state index in [-0.39, 0.29) is 6.04 Å². The number of aromatic nitrogens is 2. The van der Waals surface area contributed by atoms with E-state index in [0.717, 1.165) is 48.1 Å². The van der Waals surface area contributed by atoms with E-state index in [9.17, 15) is 8.42 Å². The number of hydrogen-bond donors (Lipinski definition) is 2. The van der Waals surface area contributed by atoms with Crippen LogP contribution in [0.25, 0.3) is 22.2 Å². The van der Waals surface area contributed by atoms with E-state index in [1.54, 1.807) is 12.1 Å². The summed E-state index contributed by atoms with van der Waals surface area (Å²) in [6.45, 7) is 1.95. The highest BCUT2D eigenvalue weighted by molar-refractivity contribution is 7.89. The largest absolute Gasteiger partial charge is 0.342 e. The number of aryl methyl sites for hydroxylation is 1. The molecule has 3 aromatic carbocycles. The van der Waals surface area contributed by atoms with Crippen LogP contribution in [0.3, 0.4) is 0 Å². The molecule has 1 aliphatic rings. The molecular weight excluding hydrogens is 418 g/mol. The van der Waals surface area contributed by atoms with E-state index in [1.165, 1.54) is 11.1 Å². The van der Waals surface area contributed by atoms with Crippen LogP contribution >= 0.6 is 0 Å². The van der Waals surface area contributed by atoms with Gasteiger partial charge >= 0.3 is 0 Å². The Labute approximate surface area is 189 Å². The van der Waals surface area contributed by atoms with Crippen LogP contribution in [0.15, 0.2) is 77.7 Å². The smallest absolute Gasteiger partial charge is 0.240 e. The molecule has 0 saturated heterocycles. The second kappa shape index (κ2) is 8.52. The van der Waals surface area contributed by atoms with E-state index in [2.05, 4.69) is 40.0 Å². The van der Waals surface area contributed by atoms with Crippen molar-refractivity contribution in [1.29, 1.82) is 0 Å². The Balaban J connectivity index is 1.26. The number of rotatable bonds is 5. The molecule has 0 unspecified atom stereocenters. The number of nitrogens with zero attached hydrogens (tertiary/aromatic N) is 1. The van der Waals surface area contributed by atoms with Crippen LogP contribution in [0.5, 0.6) is 0 Å². The average Bonchev–Trinajstić information content (AvgIpc) is 3.24. The van der Waals surface area contributed by atoms with Gasteiger partial charge in [-0.05, 0) is 68.0 Å². The van der Waals surface area contributed by atoms with Crippen LogP contribution in [-0.2, 0) is 10.0 Å². The molecule has 164 valence electrons. The lowest BCUT2D eigenvalue weighted by atomic mass is 9.86. The van der Waals surface area contributed by atoms with Crippen LogP contribution in [0, 0.1) is 6.92 Å². The summed E-state index contributed by atoms with van der Waals surface area (Å²) in [5, 5.41) is 0. The zero-order valence-electron chi connectivity index (χ0n) is 18.1. The van der Waals surface area contributed by atoms with Crippen molar-refractivity contribution in [3.8, 4) is 11.1 Å². The molecule has 1 aromatic heterocycles. The minimum absolute atomic E-state index is 0.0355. The quantitative estimate of drug-likeness (QED) is 0.423. The predicted molar refractivity (Wildman–Crippen MR) is 128 cm³/mol. The lowest BCUT2D eigenvalue weighted by Crippen LogP contribution is -2.37. The maximum absolute atomic E-state index is 12.7. The van der Waals surface area contributed by atoms with Gasteiger partial charge in [0.1, 0.15) is 5.82 Å². The van der Waals surface area contributed by atoms with E-state index in [4.69, 9.17) is 4.98 Å². The third-order valence-electron chi connectivity index (χ3n) is 6.37. The van der Waals surface area contributed by atoms with Crippen molar-refractivity contribution in [2.45, 2.75) is 49.5 Å². The normalized spacial score (nSPS) is 19.3. The summed E-state index contributed by atoms with van der Waals surface area (Å²) in [4.78, 5) is 8.68. The standard InChI is InChI=1S/C26H27N3O2S/c1-18-7-14-23(15-8-18)32(30,31)29-22-12-9-20(10-13-22)26-27-24-16-11-21(17-25(24)28-26)19-5-3-2-4-6-19/h2-8,11,14-17,20,22,29H,9-10,12-13H2,1H3,(H,27,28). The predicted octanol–water partition coefficient (Wildman–Crippen LogP) is 5.54. The molecule has 0 aliphatic heterocycles. The van der Waals surface area contributed by atoms with Gasteiger partial charge < -0.3 is 4.98 Å². The van der Waals surface area contributed by atoms with Gasteiger partial charge in [-0.15, -0.1) is 0 Å². The molecule has 0 spiro atoms. The zero-order valence-corrected chi connectivity index (χ0v) is 18.9. The second-order valence-electron chi connectivity index (χ2n) is 8.70. The molecule has 0 amide bonds. The Bertz CT molecular complexity index is 1320. The molecule has 0 radical (unpaired) electrons. The molecule has 1 fully saturated rings. The van der Waals surface area contributed by atoms with Crippen LogP contribution in [0.1, 0.15) is 43.0 Å².